The molecular weight excluding hydrogens is 377 g/mol. The molecule has 4 nitrogen and oxygen atoms in total. The van der Waals surface area contributed by atoms with Crippen LogP contribution in [0.5, 0.6) is 0 Å². The topological polar surface area (TPSA) is 71.8 Å². The zero-order chi connectivity index (χ0) is 15.6. The van der Waals surface area contributed by atoms with E-state index in [4.69, 9.17) is 11.0 Å². The van der Waals surface area contributed by atoms with Gasteiger partial charge in [0.2, 0.25) is 0 Å². The van der Waals surface area contributed by atoms with Crippen LogP contribution in [0.3, 0.4) is 0 Å². The minimum absolute atomic E-state index is 0.0436. The molecule has 21 heavy (non-hydrogen) atoms. The highest BCUT2D eigenvalue weighted by Gasteiger charge is 2.11. The number of nitriles is 1. The van der Waals surface area contributed by atoms with Crippen molar-refractivity contribution in [1.29, 1.82) is 5.26 Å². The number of rotatable bonds is 3. The van der Waals surface area contributed by atoms with Gasteiger partial charge < -0.3 is 10.3 Å². The van der Waals surface area contributed by atoms with Crippen molar-refractivity contribution in [2.45, 2.75) is 13.8 Å². The fraction of sp³-hybridized carbons (Fsp3) is 0.125. The summed E-state index contributed by atoms with van der Waals surface area (Å²) in [6.45, 7) is 3.94. The molecule has 1 aromatic heterocycles. The summed E-state index contributed by atoms with van der Waals surface area (Å²) in [7, 11) is 0. The number of amides is 1. The number of nitrogens with zero attached hydrogens (tertiary/aromatic N) is 2. The lowest BCUT2D eigenvalue weighted by molar-refractivity contribution is -0.114. The van der Waals surface area contributed by atoms with Gasteiger partial charge in [0, 0.05) is 20.6 Å². The molecule has 106 valence electrons. The third-order valence-electron chi connectivity index (χ3n) is 3.24. The van der Waals surface area contributed by atoms with Crippen LogP contribution in [0.15, 0.2) is 35.9 Å². The lowest BCUT2D eigenvalue weighted by Gasteiger charge is -2.09. The molecule has 1 amide bonds. The van der Waals surface area contributed by atoms with Gasteiger partial charge in [-0.05, 0) is 78.4 Å². The van der Waals surface area contributed by atoms with Gasteiger partial charge in [-0.1, -0.05) is 0 Å². The van der Waals surface area contributed by atoms with Crippen LogP contribution in [0.1, 0.15) is 17.0 Å². The molecule has 2 N–H and O–H groups in total. The van der Waals surface area contributed by atoms with Gasteiger partial charge in [-0.3, -0.25) is 4.79 Å². The molecule has 0 aliphatic rings. The summed E-state index contributed by atoms with van der Waals surface area (Å²) in [5, 5.41) is 8.95. The van der Waals surface area contributed by atoms with Gasteiger partial charge in [0.05, 0.1) is 0 Å². The lowest BCUT2D eigenvalue weighted by Crippen LogP contribution is -2.12. The van der Waals surface area contributed by atoms with Crippen molar-refractivity contribution in [2.75, 3.05) is 0 Å². The molecule has 0 bridgehead atoms. The number of aryl methyl sites for hydroxylation is 1. The van der Waals surface area contributed by atoms with Crippen LogP contribution in [0.2, 0.25) is 0 Å². The Morgan fingerprint density at radius 1 is 1.33 bits per heavy atom. The number of hydrogen-bond donors (Lipinski definition) is 1. The van der Waals surface area contributed by atoms with Gasteiger partial charge in [0.15, 0.2) is 0 Å². The molecule has 1 heterocycles. The van der Waals surface area contributed by atoms with Crippen molar-refractivity contribution in [3.63, 3.8) is 0 Å². The van der Waals surface area contributed by atoms with Gasteiger partial charge >= 0.3 is 0 Å². The Bertz CT molecular complexity index is 764. The molecule has 0 atom stereocenters. The van der Waals surface area contributed by atoms with Crippen LogP contribution in [0, 0.1) is 28.7 Å². The predicted octanol–water partition coefficient (Wildman–Crippen LogP) is 3.09. The number of nitrogens with two attached hydrogens (primary N) is 1. The first-order valence-electron chi connectivity index (χ1n) is 6.30. The molecule has 0 fully saturated rings. The zero-order valence-electron chi connectivity index (χ0n) is 11.7. The van der Waals surface area contributed by atoms with E-state index in [1.807, 2.05) is 50.2 Å². The number of primary amides is 1. The first-order valence-corrected chi connectivity index (χ1v) is 7.38. The van der Waals surface area contributed by atoms with E-state index in [0.717, 1.165) is 22.6 Å². The predicted molar refractivity (Wildman–Crippen MR) is 90.7 cm³/mol. The maximum Gasteiger partial charge on any atom is 0.259 e. The van der Waals surface area contributed by atoms with Crippen molar-refractivity contribution >= 4 is 34.6 Å². The maximum absolute atomic E-state index is 11.2. The highest BCUT2D eigenvalue weighted by atomic mass is 127. The summed E-state index contributed by atoms with van der Waals surface area (Å²) >= 11 is 2.26. The highest BCUT2D eigenvalue weighted by Crippen LogP contribution is 2.23. The second-order valence-corrected chi connectivity index (χ2v) is 5.92. The first kappa shape index (κ1) is 15.3. The minimum Gasteiger partial charge on any atom is -0.365 e. The minimum atomic E-state index is -0.712. The van der Waals surface area contributed by atoms with Crippen molar-refractivity contribution in [2.24, 2.45) is 5.73 Å². The SMILES string of the molecule is Cc1cc(/C=C(\C#N)C(N)=O)c(C)n1-c1ccc(I)cc1. The van der Waals surface area contributed by atoms with E-state index in [9.17, 15) is 4.79 Å². The van der Waals surface area contributed by atoms with E-state index in [1.54, 1.807) is 0 Å². The van der Waals surface area contributed by atoms with Gasteiger partial charge in [-0.2, -0.15) is 5.26 Å². The molecule has 2 rings (SSSR count). The Labute approximate surface area is 137 Å². The smallest absolute Gasteiger partial charge is 0.259 e. The molecule has 0 saturated carbocycles. The molecule has 0 radical (unpaired) electrons. The van der Waals surface area contributed by atoms with Crippen molar-refractivity contribution in [3.8, 4) is 11.8 Å². The van der Waals surface area contributed by atoms with E-state index >= 15 is 0 Å². The molecule has 0 spiro atoms. The summed E-state index contributed by atoms with van der Waals surface area (Å²) in [6, 6.07) is 11.9. The quantitative estimate of drug-likeness (QED) is 0.496. The lowest BCUT2D eigenvalue weighted by atomic mass is 10.1. The second kappa shape index (κ2) is 6.14. The molecule has 2 aromatic rings. The summed E-state index contributed by atoms with van der Waals surface area (Å²) < 4.78 is 3.25. The molecule has 0 saturated heterocycles. The van der Waals surface area contributed by atoms with Crippen LogP contribution in [-0.2, 0) is 4.79 Å². The number of benzene rings is 1. The average Bonchev–Trinajstić information content (AvgIpc) is 2.71. The van der Waals surface area contributed by atoms with E-state index in [2.05, 4.69) is 27.2 Å². The van der Waals surface area contributed by atoms with Gasteiger partial charge in [-0.25, -0.2) is 0 Å². The van der Waals surface area contributed by atoms with Gasteiger partial charge in [-0.15, -0.1) is 0 Å². The number of halogens is 1. The fourth-order valence-electron chi connectivity index (χ4n) is 2.24. The Hall–Kier alpha value is -2.07. The Morgan fingerprint density at radius 3 is 2.48 bits per heavy atom. The highest BCUT2D eigenvalue weighted by molar-refractivity contribution is 14.1. The van der Waals surface area contributed by atoms with E-state index in [0.29, 0.717) is 0 Å². The van der Waals surface area contributed by atoms with E-state index < -0.39 is 5.91 Å². The second-order valence-electron chi connectivity index (χ2n) is 4.67. The zero-order valence-corrected chi connectivity index (χ0v) is 13.9. The maximum atomic E-state index is 11.2. The molecular formula is C16H14IN3O. The summed E-state index contributed by atoms with van der Waals surface area (Å²) in [6.07, 6.45) is 1.54. The molecule has 0 aliphatic carbocycles. The third-order valence-corrected chi connectivity index (χ3v) is 3.96. The molecule has 1 aromatic carbocycles. The van der Waals surface area contributed by atoms with Gasteiger partial charge in [0.1, 0.15) is 11.6 Å². The molecule has 5 heteroatoms. The Kier molecular flexibility index (Phi) is 4.48. The van der Waals surface area contributed by atoms with Crippen molar-refractivity contribution in [1.82, 2.24) is 4.57 Å². The number of aromatic nitrogens is 1. The Morgan fingerprint density at radius 2 is 1.95 bits per heavy atom. The van der Waals surface area contributed by atoms with Crippen LogP contribution >= 0.6 is 22.6 Å². The van der Waals surface area contributed by atoms with Crippen LogP contribution in [0.25, 0.3) is 11.8 Å². The van der Waals surface area contributed by atoms with Gasteiger partial charge in [0.25, 0.3) is 5.91 Å². The summed E-state index contributed by atoms with van der Waals surface area (Å²) in [5.74, 6) is -0.712. The number of carbonyl (C=O) groups is 1. The molecule has 0 unspecified atom stereocenters. The van der Waals surface area contributed by atoms with Crippen molar-refractivity contribution < 1.29 is 4.79 Å². The summed E-state index contributed by atoms with van der Waals surface area (Å²) in [5.41, 5.74) is 8.99. The number of hydrogen-bond acceptors (Lipinski definition) is 2. The number of carbonyl (C=O) groups excluding carboxylic acids is 1. The molecule has 0 aliphatic heterocycles. The average molecular weight is 391 g/mol. The van der Waals surface area contributed by atoms with E-state index in [-0.39, 0.29) is 5.57 Å². The monoisotopic (exact) mass is 391 g/mol. The standard InChI is InChI=1S/C16H14IN3O/c1-10-7-12(8-13(9-18)16(19)21)11(2)20(10)15-5-3-14(17)4-6-15/h3-8H,1-2H3,(H2,19,21)/b13-8+. The van der Waals surface area contributed by atoms with Crippen LogP contribution in [-0.4, -0.2) is 10.5 Å². The first-order chi connectivity index (χ1) is 9.93. The third kappa shape index (κ3) is 3.16. The summed E-state index contributed by atoms with van der Waals surface area (Å²) in [4.78, 5) is 11.2. The van der Waals surface area contributed by atoms with Crippen LogP contribution < -0.4 is 5.73 Å². The largest absolute Gasteiger partial charge is 0.365 e. The fourth-order valence-corrected chi connectivity index (χ4v) is 2.59. The Balaban J connectivity index is 2.55. The van der Waals surface area contributed by atoms with Crippen LogP contribution in [0.4, 0.5) is 0 Å². The van der Waals surface area contributed by atoms with E-state index in [1.165, 1.54) is 9.65 Å². The van der Waals surface area contributed by atoms with Crippen molar-refractivity contribution in [3.05, 3.63) is 56.4 Å². The normalized spacial score (nSPS) is 11.2.